The topological polar surface area (TPSA) is 60.8 Å². The van der Waals surface area contributed by atoms with Gasteiger partial charge in [-0.1, -0.05) is 18.2 Å². The summed E-state index contributed by atoms with van der Waals surface area (Å²) in [4.78, 5) is 12.1. The highest BCUT2D eigenvalue weighted by molar-refractivity contribution is 7.80. The zero-order chi connectivity index (χ0) is 11.3. The summed E-state index contributed by atoms with van der Waals surface area (Å²) >= 11 is 4.04. The number of hydrogen-bond donors (Lipinski definition) is 3. The number of phenols is 1. The van der Waals surface area contributed by atoms with E-state index < -0.39 is 5.97 Å². The van der Waals surface area contributed by atoms with Gasteiger partial charge in [0, 0.05) is 18.0 Å². The Hall–Kier alpha value is -1.20. The van der Waals surface area contributed by atoms with Crippen LogP contribution in [-0.4, -0.2) is 33.5 Å². The molecule has 0 unspecified atom stereocenters. The lowest BCUT2D eigenvalue weighted by Crippen LogP contribution is -2.28. The first-order valence-corrected chi connectivity index (χ1v) is 5.08. The molecule has 1 aromatic rings. The van der Waals surface area contributed by atoms with Crippen LogP contribution >= 0.6 is 12.6 Å². The van der Waals surface area contributed by atoms with Crippen LogP contribution in [0.2, 0.25) is 0 Å². The first kappa shape index (κ1) is 11.9. The number of aromatic hydroxyl groups is 1. The van der Waals surface area contributed by atoms with Gasteiger partial charge in [-0.15, -0.1) is 0 Å². The fourth-order valence-electron chi connectivity index (χ4n) is 1.23. The van der Waals surface area contributed by atoms with Crippen LogP contribution in [0.3, 0.4) is 0 Å². The minimum atomic E-state index is -0.903. The third-order valence-corrected chi connectivity index (χ3v) is 2.34. The molecule has 0 amide bonds. The molecule has 2 N–H and O–H groups in total. The normalized spacial score (nSPS) is 10.5. The molecule has 82 valence electrons. The molecule has 0 aliphatic carbocycles. The molecule has 0 atom stereocenters. The van der Waals surface area contributed by atoms with E-state index in [4.69, 9.17) is 5.11 Å². The molecule has 0 saturated carbocycles. The predicted molar refractivity (Wildman–Crippen MR) is 60.0 cm³/mol. The van der Waals surface area contributed by atoms with Crippen LogP contribution in [0.1, 0.15) is 5.56 Å². The average Bonchev–Trinajstić information content (AvgIpc) is 2.19. The van der Waals surface area contributed by atoms with Crippen LogP contribution in [-0.2, 0) is 11.3 Å². The number of hydrogen-bond acceptors (Lipinski definition) is 4. The van der Waals surface area contributed by atoms with Gasteiger partial charge in [0.2, 0.25) is 0 Å². The van der Waals surface area contributed by atoms with Crippen LogP contribution in [0.4, 0.5) is 0 Å². The number of rotatable bonds is 5. The van der Waals surface area contributed by atoms with Gasteiger partial charge in [-0.3, -0.25) is 9.69 Å². The maximum Gasteiger partial charge on any atom is 0.317 e. The van der Waals surface area contributed by atoms with E-state index in [1.54, 1.807) is 29.2 Å². The highest BCUT2D eigenvalue weighted by Crippen LogP contribution is 2.17. The van der Waals surface area contributed by atoms with Gasteiger partial charge in [-0.2, -0.15) is 12.6 Å². The fourth-order valence-corrected chi connectivity index (χ4v) is 1.43. The van der Waals surface area contributed by atoms with Crippen molar-refractivity contribution in [3.63, 3.8) is 0 Å². The van der Waals surface area contributed by atoms with E-state index in [9.17, 15) is 9.90 Å². The minimum Gasteiger partial charge on any atom is -0.508 e. The largest absolute Gasteiger partial charge is 0.508 e. The number of carbonyl (C=O) groups is 1. The van der Waals surface area contributed by atoms with Crippen LogP contribution in [0.15, 0.2) is 24.3 Å². The Labute approximate surface area is 93.6 Å². The number of thiol groups is 1. The average molecular weight is 227 g/mol. The maximum atomic E-state index is 10.5. The summed E-state index contributed by atoms with van der Waals surface area (Å²) in [6, 6.07) is 6.86. The molecule has 0 radical (unpaired) electrons. The molecule has 0 aliphatic heterocycles. The number of aliphatic carboxylic acids is 1. The molecular formula is C10H13NO3S. The number of benzene rings is 1. The van der Waals surface area contributed by atoms with Gasteiger partial charge >= 0.3 is 5.97 Å². The highest BCUT2D eigenvalue weighted by atomic mass is 32.1. The molecule has 4 nitrogen and oxygen atoms in total. The van der Waals surface area contributed by atoms with Gasteiger partial charge in [0.15, 0.2) is 0 Å². The van der Waals surface area contributed by atoms with Gasteiger partial charge in [0.25, 0.3) is 0 Å². The van der Waals surface area contributed by atoms with E-state index in [-0.39, 0.29) is 12.3 Å². The van der Waals surface area contributed by atoms with Crippen molar-refractivity contribution in [3.05, 3.63) is 29.8 Å². The van der Waals surface area contributed by atoms with Crippen LogP contribution in [0, 0.1) is 0 Å². The number of para-hydroxylation sites is 1. The van der Waals surface area contributed by atoms with Crippen molar-refractivity contribution in [2.24, 2.45) is 0 Å². The number of nitrogens with zero attached hydrogens (tertiary/aromatic N) is 1. The second-order valence-corrected chi connectivity index (χ2v) is 3.43. The summed E-state index contributed by atoms with van der Waals surface area (Å²) in [5.41, 5.74) is 0.702. The molecule has 15 heavy (non-hydrogen) atoms. The Morgan fingerprint density at radius 3 is 2.60 bits per heavy atom. The predicted octanol–water partition coefficient (Wildman–Crippen LogP) is 1.17. The van der Waals surface area contributed by atoms with Crippen molar-refractivity contribution in [2.75, 3.05) is 12.4 Å². The summed E-state index contributed by atoms with van der Waals surface area (Å²) in [7, 11) is 0. The van der Waals surface area contributed by atoms with Crippen molar-refractivity contribution in [2.45, 2.75) is 6.54 Å². The van der Waals surface area contributed by atoms with E-state index in [1.165, 1.54) is 0 Å². The molecule has 0 spiro atoms. The van der Waals surface area contributed by atoms with Gasteiger partial charge in [-0.05, 0) is 6.07 Å². The van der Waals surface area contributed by atoms with E-state index >= 15 is 0 Å². The van der Waals surface area contributed by atoms with Crippen molar-refractivity contribution in [3.8, 4) is 5.75 Å². The number of carboxylic acid groups (broad SMARTS) is 1. The SMILES string of the molecule is O=C(O)CN(CS)Cc1ccccc1O. The Morgan fingerprint density at radius 1 is 1.40 bits per heavy atom. The third-order valence-electron chi connectivity index (χ3n) is 1.94. The summed E-state index contributed by atoms with van der Waals surface area (Å²) in [5, 5.41) is 18.1. The van der Waals surface area contributed by atoms with Gasteiger partial charge in [-0.25, -0.2) is 0 Å². The molecule has 0 bridgehead atoms. The summed E-state index contributed by atoms with van der Waals surface area (Å²) in [5.74, 6) is -0.394. The maximum absolute atomic E-state index is 10.5. The van der Waals surface area contributed by atoms with Crippen molar-refractivity contribution in [1.29, 1.82) is 0 Å². The quantitative estimate of drug-likeness (QED) is 0.522. The molecule has 0 heterocycles. The monoisotopic (exact) mass is 227 g/mol. The number of phenolic OH excluding ortho intramolecular Hbond substituents is 1. The molecule has 1 rings (SSSR count). The molecular weight excluding hydrogens is 214 g/mol. The standard InChI is InChI=1S/C10H13NO3S/c12-9-4-2-1-3-8(9)5-11(7-15)6-10(13)14/h1-4,12,15H,5-7H2,(H,13,14). The molecule has 0 saturated heterocycles. The molecule has 1 aromatic carbocycles. The lowest BCUT2D eigenvalue weighted by Gasteiger charge is -2.17. The molecule has 0 aromatic heterocycles. The zero-order valence-electron chi connectivity index (χ0n) is 8.13. The van der Waals surface area contributed by atoms with E-state index in [0.29, 0.717) is 18.0 Å². The Balaban J connectivity index is 2.66. The van der Waals surface area contributed by atoms with Crippen LogP contribution < -0.4 is 0 Å². The third kappa shape index (κ3) is 3.81. The van der Waals surface area contributed by atoms with Gasteiger partial charge in [0.1, 0.15) is 5.75 Å². The fraction of sp³-hybridized carbons (Fsp3) is 0.300. The summed E-state index contributed by atoms with van der Waals surface area (Å²) in [6.07, 6.45) is 0. The molecule has 0 fully saturated rings. The van der Waals surface area contributed by atoms with E-state index in [0.717, 1.165) is 0 Å². The highest BCUT2D eigenvalue weighted by Gasteiger charge is 2.10. The Morgan fingerprint density at radius 2 is 2.07 bits per heavy atom. The lowest BCUT2D eigenvalue weighted by atomic mass is 10.2. The second kappa shape index (κ2) is 5.63. The molecule has 5 heteroatoms. The zero-order valence-corrected chi connectivity index (χ0v) is 9.02. The Kier molecular flexibility index (Phi) is 4.45. The van der Waals surface area contributed by atoms with Crippen molar-refractivity contribution in [1.82, 2.24) is 4.90 Å². The minimum absolute atomic E-state index is 0.0855. The van der Waals surface area contributed by atoms with Crippen molar-refractivity contribution < 1.29 is 15.0 Å². The second-order valence-electron chi connectivity index (χ2n) is 3.15. The Bertz CT molecular complexity index is 343. The summed E-state index contributed by atoms with van der Waals surface area (Å²) in [6.45, 7) is 0.292. The smallest absolute Gasteiger partial charge is 0.317 e. The lowest BCUT2D eigenvalue weighted by molar-refractivity contribution is -0.138. The molecule has 0 aliphatic rings. The first-order chi connectivity index (χ1) is 7.13. The van der Waals surface area contributed by atoms with Crippen molar-refractivity contribution >= 4 is 18.6 Å². The van der Waals surface area contributed by atoms with E-state index in [1.807, 2.05) is 0 Å². The number of carboxylic acids is 1. The van der Waals surface area contributed by atoms with Crippen LogP contribution in [0.5, 0.6) is 5.75 Å². The first-order valence-electron chi connectivity index (χ1n) is 4.45. The van der Waals surface area contributed by atoms with Gasteiger partial charge in [0.05, 0.1) is 6.54 Å². The summed E-state index contributed by atoms with van der Waals surface area (Å²) < 4.78 is 0. The van der Waals surface area contributed by atoms with Gasteiger partial charge < -0.3 is 10.2 Å². The van der Waals surface area contributed by atoms with Crippen LogP contribution in [0.25, 0.3) is 0 Å². The van der Waals surface area contributed by atoms with E-state index in [2.05, 4.69) is 12.6 Å².